The highest BCUT2D eigenvalue weighted by Crippen LogP contribution is 2.34. The number of amides is 1. The van der Waals surface area contributed by atoms with Crippen LogP contribution in [0.5, 0.6) is 0 Å². The van der Waals surface area contributed by atoms with Crippen LogP contribution < -0.4 is 5.43 Å². The number of hydrogen-bond donors (Lipinski definition) is 2. The summed E-state index contributed by atoms with van der Waals surface area (Å²) < 4.78 is 0. The average molecular weight is 498 g/mol. The smallest absolute Gasteiger partial charge is 0.234 e. The van der Waals surface area contributed by atoms with Crippen molar-refractivity contribution < 1.29 is 14.7 Å². The zero-order valence-corrected chi connectivity index (χ0v) is 22.2. The fourth-order valence-corrected chi connectivity index (χ4v) is 5.71. The van der Waals surface area contributed by atoms with E-state index >= 15 is 0 Å². The van der Waals surface area contributed by atoms with Crippen molar-refractivity contribution >= 4 is 11.7 Å². The third-order valence-electron chi connectivity index (χ3n) is 7.85. The van der Waals surface area contributed by atoms with Crippen LogP contribution in [0.3, 0.4) is 0 Å². The van der Waals surface area contributed by atoms with Gasteiger partial charge in [0.2, 0.25) is 5.91 Å². The number of rotatable bonds is 15. The van der Waals surface area contributed by atoms with Gasteiger partial charge in [-0.3, -0.25) is 20.0 Å². The molecule has 2 aliphatic rings. The van der Waals surface area contributed by atoms with E-state index in [1.165, 1.54) is 6.42 Å². The largest absolute Gasteiger partial charge is 0.389 e. The van der Waals surface area contributed by atoms with Gasteiger partial charge in [0.05, 0.1) is 12.1 Å². The van der Waals surface area contributed by atoms with E-state index in [2.05, 4.69) is 34.5 Å². The van der Waals surface area contributed by atoms with Crippen molar-refractivity contribution in [3.8, 4) is 0 Å². The Morgan fingerprint density at radius 2 is 2.06 bits per heavy atom. The second kappa shape index (κ2) is 15.9. The van der Waals surface area contributed by atoms with Crippen molar-refractivity contribution in [2.24, 2.45) is 11.8 Å². The SMILES string of the molecule is CCCCC[C@H](O)/C=C/[C@H]1CCC(=O)[C@@H]1CCCCCCC(=O)NN1CCCCC1c1cccnc1. The molecule has 3 rings (SSSR count). The van der Waals surface area contributed by atoms with E-state index in [1.54, 1.807) is 6.20 Å². The number of aromatic nitrogens is 1. The van der Waals surface area contributed by atoms with E-state index < -0.39 is 0 Å². The zero-order chi connectivity index (χ0) is 25.6. The number of carbonyl (C=O) groups excluding carboxylic acids is 2. The monoisotopic (exact) mass is 497 g/mol. The molecule has 2 N–H and O–H groups in total. The van der Waals surface area contributed by atoms with Crippen LogP contribution in [0.15, 0.2) is 36.7 Å². The Hall–Kier alpha value is -2.05. The summed E-state index contributed by atoms with van der Waals surface area (Å²) in [5.74, 6) is 0.867. The fraction of sp³-hybridized carbons (Fsp3) is 0.700. The molecule has 0 spiro atoms. The van der Waals surface area contributed by atoms with E-state index in [-0.39, 0.29) is 29.9 Å². The average Bonchev–Trinajstić information content (AvgIpc) is 3.25. The summed E-state index contributed by atoms with van der Waals surface area (Å²) in [6, 6.07) is 4.26. The van der Waals surface area contributed by atoms with E-state index in [0.29, 0.717) is 18.6 Å². The molecule has 2 fully saturated rings. The maximum absolute atomic E-state index is 12.6. The molecule has 200 valence electrons. The number of hydrogen-bond acceptors (Lipinski definition) is 5. The lowest BCUT2D eigenvalue weighted by Crippen LogP contribution is -2.46. The number of carbonyl (C=O) groups is 2. The molecule has 0 bridgehead atoms. The number of aliphatic hydroxyl groups excluding tert-OH is 1. The van der Waals surface area contributed by atoms with Gasteiger partial charge < -0.3 is 5.11 Å². The van der Waals surface area contributed by atoms with E-state index in [0.717, 1.165) is 89.2 Å². The van der Waals surface area contributed by atoms with Crippen molar-refractivity contribution in [3.05, 3.63) is 42.2 Å². The Balaban J connectivity index is 1.31. The molecule has 1 saturated heterocycles. The molecule has 0 radical (unpaired) electrons. The van der Waals surface area contributed by atoms with Crippen molar-refractivity contribution in [1.82, 2.24) is 15.4 Å². The lowest BCUT2D eigenvalue weighted by molar-refractivity contribution is -0.128. The molecule has 1 saturated carbocycles. The molecule has 2 heterocycles. The highest BCUT2D eigenvalue weighted by molar-refractivity contribution is 5.83. The first-order valence-electron chi connectivity index (χ1n) is 14.4. The highest BCUT2D eigenvalue weighted by atomic mass is 16.3. The van der Waals surface area contributed by atoms with Crippen LogP contribution >= 0.6 is 0 Å². The van der Waals surface area contributed by atoms with Crippen LogP contribution in [0, 0.1) is 11.8 Å². The first kappa shape index (κ1) is 28.5. The number of aliphatic hydroxyl groups is 1. The van der Waals surface area contributed by atoms with Gasteiger partial charge >= 0.3 is 0 Å². The summed E-state index contributed by atoms with van der Waals surface area (Å²) in [5, 5.41) is 12.3. The molecule has 1 amide bonds. The quantitative estimate of drug-likeness (QED) is 0.227. The van der Waals surface area contributed by atoms with E-state index in [4.69, 9.17) is 0 Å². The molecule has 1 unspecified atom stereocenters. The van der Waals surface area contributed by atoms with Crippen LogP contribution in [0.2, 0.25) is 0 Å². The number of ketones is 1. The minimum Gasteiger partial charge on any atom is -0.389 e. The van der Waals surface area contributed by atoms with Gasteiger partial charge in [0.15, 0.2) is 0 Å². The molecule has 4 atom stereocenters. The van der Waals surface area contributed by atoms with E-state index in [1.807, 2.05) is 18.3 Å². The van der Waals surface area contributed by atoms with Crippen LogP contribution in [0.1, 0.15) is 115 Å². The predicted octanol–water partition coefficient (Wildman–Crippen LogP) is 6.07. The highest BCUT2D eigenvalue weighted by Gasteiger charge is 2.32. The minimum absolute atomic E-state index is 0.0967. The zero-order valence-electron chi connectivity index (χ0n) is 22.2. The summed E-state index contributed by atoms with van der Waals surface area (Å²) in [6.45, 7) is 3.05. The predicted molar refractivity (Wildman–Crippen MR) is 144 cm³/mol. The molecule has 1 aliphatic carbocycles. The molecule has 1 aliphatic heterocycles. The Morgan fingerprint density at radius 1 is 1.19 bits per heavy atom. The van der Waals surface area contributed by atoms with Gasteiger partial charge in [-0.15, -0.1) is 0 Å². The van der Waals surface area contributed by atoms with Crippen LogP contribution in [0.25, 0.3) is 0 Å². The van der Waals surface area contributed by atoms with Gasteiger partial charge in [0.1, 0.15) is 5.78 Å². The first-order valence-corrected chi connectivity index (χ1v) is 14.4. The van der Waals surface area contributed by atoms with Gasteiger partial charge in [-0.05, 0) is 56.1 Å². The summed E-state index contributed by atoms with van der Waals surface area (Å²) in [6.07, 6.45) is 21.8. The Bertz CT molecular complexity index is 813. The number of piperidine rings is 1. The third kappa shape index (κ3) is 9.44. The number of hydrazine groups is 1. The van der Waals surface area contributed by atoms with E-state index in [9.17, 15) is 14.7 Å². The van der Waals surface area contributed by atoms with Crippen LogP contribution in [-0.2, 0) is 9.59 Å². The second-order valence-electron chi connectivity index (χ2n) is 10.7. The Morgan fingerprint density at radius 3 is 2.86 bits per heavy atom. The van der Waals surface area contributed by atoms with Gasteiger partial charge in [-0.25, -0.2) is 5.01 Å². The number of nitrogens with zero attached hydrogens (tertiary/aromatic N) is 2. The maximum Gasteiger partial charge on any atom is 0.234 e. The Kier molecular flexibility index (Phi) is 12.6. The molecular formula is C30H47N3O3. The number of nitrogens with one attached hydrogen (secondary N) is 1. The van der Waals surface area contributed by atoms with Gasteiger partial charge in [-0.2, -0.15) is 0 Å². The van der Waals surface area contributed by atoms with Crippen LogP contribution in [-0.4, -0.2) is 39.4 Å². The molecular weight excluding hydrogens is 450 g/mol. The Labute approximate surface area is 217 Å². The molecule has 1 aromatic rings. The number of Topliss-reactive ketones (excluding diaryl/α,β-unsaturated/α-hetero) is 1. The molecule has 6 nitrogen and oxygen atoms in total. The summed E-state index contributed by atoms with van der Waals surface area (Å²) in [4.78, 5) is 29.2. The topological polar surface area (TPSA) is 82.5 Å². The summed E-state index contributed by atoms with van der Waals surface area (Å²) in [7, 11) is 0. The lowest BCUT2D eigenvalue weighted by atomic mass is 9.89. The standard InChI is InChI=1S/C30H47N3O3/c1-2-3-6-13-26(34)19-17-24-18-20-29(35)27(24)14-7-4-5-8-16-30(36)32-33-22-10-9-15-28(33)25-12-11-21-31-23-25/h11-12,17,19,21,23-24,26-28,34H,2-10,13-16,18,20,22H2,1H3,(H,32,36)/b19-17+/t24-,26-,27+,28?/m0/s1. The molecule has 6 heteroatoms. The van der Waals surface area contributed by atoms with Crippen molar-refractivity contribution in [3.63, 3.8) is 0 Å². The fourth-order valence-electron chi connectivity index (χ4n) is 5.71. The molecule has 36 heavy (non-hydrogen) atoms. The van der Waals surface area contributed by atoms with Gasteiger partial charge in [-0.1, -0.05) is 70.1 Å². The van der Waals surface area contributed by atoms with Gasteiger partial charge in [0.25, 0.3) is 0 Å². The molecule has 0 aromatic carbocycles. The normalized spacial score (nSPS) is 23.8. The lowest BCUT2D eigenvalue weighted by Gasteiger charge is -2.35. The number of allylic oxidation sites excluding steroid dienone is 1. The van der Waals surface area contributed by atoms with Crippen molar-refractivity contribution in [1.29, 1.82) is 0 Å². The summed E-state index contributed by atoms with van der Waals surface area (Å²) >= 11 is 0. The third-order valence-corrected chi connectivity index (χ3v) is 7.85. The number of unbranched alkanes of at least 4 members (excludes halogenated alkanes) is 5. The first-order chi connectivity index (χ1) is 17.6. The van der Waals surface area contributed by atoms with Crippen LogP contribution in [0.4, 0.5) is 0 Å². The number of pyridine rings is 1. The second-order valence-corrected chi connectivity index (χ2v) is 10.7. The maximum atomic E-state index is 12.6. The summed E-state index contributed by atoms with van der Waals surface area (Å²) in [5.41, 5.74) is 4.31. The van der Waals surface area contributed by atoms with Crippen molar-refractivity contribution in [2.45, 2.75) is 115 Å². The molecule has 1 aromatic heterocycles. The minimum atomic E-state index is -0.386. The van der Waals surface area contributed by atoms with Crippen molar-refractivity contribution in [2.75, 3.05) is 6.54 Å². The van der Waals surface area contributed by atoms with Gasteiger partial charge in [0, 0.05) is 37.7 Å².